The molecule has 0 saturated heterocycles. The van der Waals surface area contributed by atoms with E-state index in [0.717, 1.165) is 0 Å². The van der Waals surface area contributed by atoms with Crippen molar-refractivity contribution in [2.45, 2.75) is 13.8 Å². The molecule has 2 amide bonds. The highest BCUT2D eigenvalue weighted by Crippen LogP contribution is 2.28. The second-order valence-electron chi connectivity index (χ2n) is 6.46. The first-order valence-electron chi connectivity index (χ1n) is 10.2. The predicted molar refractivity (Wildman–Crippen MR) is 118 cm³/mol. The molecule has 0 spiro atoms. The lowest BCUT2D eigenvalue weighted by atomic mass is 10.2. The summed E-state index contributed by atoms with van der Waals surface area (Å²) in [4.78, 5) is 48.1. The van der Waals surface area contributed by atoms with Gasteiger partial charge in [-0.2, -0.15) is 0 Å². The number of amides is 2. The summed E-state index contributed by atoms with van der Waals surface area (Å²) in [7, 11) is 1.22. The van der Waals surface area contributed by atoms with Crippen LogP contribution in [0.2, 0.25) is 0 Å². The average Bonchev–Trinajstić information content (AvgIpc) is 2.82. The Labute approximate surface area is 191 Å². The number of hydrogen-bond donors (Lipinski definition) is 2. The van der Waals surface area contributed by atoms with Gasteiger partial charge in [-0.1, -0.05) is 12.1 Å². The number of ether oxygens (including phenoxy) is 4. The molecule has 0 radical (unpaired) electrons. The molecule has 2 aromatic rings. The summed E-state index contributed by atoms with van der Waals surface area (Å²) >= 11 is 0. The Morgan fingerprint density at radius 1 is 0.909 bits per heavy atom. The van der Waals surface area contributed by atoms with Crippen LogP contribution in [0.25, 0.3) is 0 Å². The maximum absolute atomic E-state index is 12.3. The molecule has 0 bridgehead atoms. The van der Waals surface area contributed by atoms with Gasteiger partial charge in [0, 0.05) is 5.56 Å². The van der Waals surface area contributed by atoms with E-state index in [0.29, 0.717) is 24.7 Å². The molecule has 0 aliphatic carbocycles. The summed E-state index contributed by atoms with van der Waals surface area (Å²) in [5.41, 5.74) is 0.653. The first kappa shape index (κ1) is 25.2. The Hall–Kier alpha value is -4.08. The summed E-state index contributed by atoms with van der Waals surface area (Å²) in [5.74, 6) is -1.68. The van der Waals surface area contributed by atoms with Crippen LogP contribution in [0.1, 0.15) is 34.6 Å². The molecule has 0 fully saturated rings. The number of carbonyl (C=O) groups is 4. The third-order valence-corrected chi connectivity index (χ3v) is 4.17. The zero-order chi connectivity index (χ0) is 24.2. The van der Waals surface area contributed by atoms with Crippen molar-refractivity contribution in [1.82, 2.24) is 5.32 Å². The molecule has 0 unspecified atom stereocenters. The number of hydrogen-bond acceptors (Lipinski definition) is 8. The van der Waals surface area contributed by atoms with E-state index >= 15 is 0 Å². The molecule has 0 aliphatic rings. The predicted octanol–water partition coefficient (Wildman–Crippen LogP) is 2.18. The summed E-state index contributed by atoms with van der Waals surface area (Å²) in [6.45, 7) is 3.44. The van der Waals surface area contributed by atoms with E-state index in [9.17, 15) is 19.2 Å². The highest BCUT2D eigenvalue weighted by atomic mass is 16.5. The highest BCUT2D eigenvalue weighted by Gasteiger charge is 2.16. The fourth-order valence-electron chi connectivity index (χ4n) is 2.71. The van der Waals surface area contributed by atoms with Crippen LogP contribution in [-0.4, -0.2) is 57.2 Å². The molecule has 0 heterocycles. The van der Waals surface area contributed by atoms with Crippen molar-refractivity contribution in [3.63, 3.8) is 0 Å². The molecule has 0 saturated carbocycles. The van der Waals surface area contributed by atoms with Gasteiger partial charge in [0.05, 0.1) is 31.6 Å². The smallest absolute Gasteiger partial charge is 0.339 e. The SMILES string of the molecule is CCOc1ccc(C(=O)NCC(=O)OCC(=O)Nc2ccccc2C(=O)OC)cc1OCC. The van der Waals surface area contributed by atoms with E-state index in [2.05, 4.69) is 15.4 Å². The van der Waals surface area contributed by atoms with Gasteiger partial charge in [-0.25, -0.2) is 4.79 Å². The minimum Gasteiger partial charge on any atom is -0.490 e. The third-order valence-electron chi connectivity index (χ3n) is 4.17. The minimum atomic E-state index is -0.810. The van der Waals surface area contributed by atoms with Crippen LogP contribution in [0.4, 0.5) is 5.69 Å². The number of nitrogens with one attached hydrogen (secondary N) is 2. The Bertz CT molecular complexity index is 1010. The Morgan fingerprint density at radius 3 is 2.30 bits per heavy atom. The summed E-state index contributed by atoms with van der Waals surface area (Å²) in [6, 6.07) is 10.9. The van der Waals surface area contributed by atoms with Crippen molar-refractivity contribution in [2.24, 2.45) is 0 Å². The molecule has 0 aliphatic heterocycles. The van der Waals surface area contributed by atoms with E-state index in [1.807, 2.05) is 13.8 Å². The third kappa shape index (κ3) is 7.53. The molecule has 2 rings (SSSR count). The molecule has 2 N–H and O–H groups in total. The zero-order valence-electron chi connectivity index (χ0n) is 18.6. The second kappa shape index (κ2) is 12.7. The van der Waals surface area contributed by atoms with E-state index in [1.54, 1.807) is 24.3 Å². The topological polar surface area (TPSA) is 129 Å². The zero-order valence-corrected chi connectivity index (χ0v) is 18.6. The van der Waals surface area contributed by atoms with Crippen molar-refractivity contribution in [3.05, 3.63) is 53.6 Å². The van der Waals surface area contributed by atoms with Crippen molar-refractivity contribution >= 4 is 29.4 Å². The lowest BCUT2D eigenvalue weighted by molar-refractivity contribution is -0.146. The Kier molecular flexibility index (Phi) is 9.69. The molecular formula is C23H26N2O8. The lowest BCUT2D eigenvalue weighted by Crippen LogP contribution is -2.32. The van der Waals surface area contributed by atoms with Crippen molar-refractivity contribution in [2.75, 3.05) is 38.8 Å². The second-order valence-corrected chi connectivity index (χ2v) is 6.46. The maximum Gasteiger partial charge on any atom is 0.339 e. The van der Waals surface area contributed by atoms with Gasteiger partial charge in [0.15, 0.2) is 18.1 Å². The van der Waals surface area contributed by atoms with E-state index in [-0.39, 0.29) is 16.8 Å². The number of carbonyl (C=O) groups excluding carboxylic acids is 4. The molecule has 10 nitrogen and oxygen atoms in total. The van der Waals surface area contributed by atoms with Crippen LogP contribution in [0.3, 0.4) is 0 Å². The number of esters is 2. The summed E-state index contributed by atoms with van der Waals surface area (Å²) in [6.07, 6.45) is 0. The molecule has 176 valence electrons. The largest absolute Gasteiger partial charge is 0.490 e. The van der Waals surface area contributed by atoms with E-state index in [1.165, 1.54) is 25.3 Å². The van der Waals surface area contributed by atoms with Crippen molar-refractivity contribution in [3.8, 4) is 11.5 Å². The van der Waals surface area contributed by atoms with Gasteiger partial charge in [0.2, 0.25) is 0 Å². The van der Waals surface area contributed by atoms with E-state index in [4.69, 9.17) is 14.2 Å². The number of rotatable bonds is 11. The van der Waals surface area contributed by atoms with Crippen LogP contribution in [-0.2, 0) is 19.1 Å². The Balaban J connectivity index is 1.86. The van der Waals surface area contributed by atoms with Crippen LogP contribution in [0.5, 0.6) is 11.5 Å². The number of benzene rings is 2. The molecular weight excluding hydrogens is 432 g/mol. The lowest BCUT2D eigenvalue weighted by Gasteiger charge is -2.12. The number of methoxy groups -OCH3 is 1. The van der Waals surface area contributed by atoms with E-state index < -0.39 is 36.9 Å². The van der Waals surface area contributed by atoms with Gasteiger partial charge in [-0.3, -0.25) is 14.4 Å². The van der Waals surface area contributed by atoms with Crippen LogP contribution >= 0.6 is 0 Å². The molecule has 33 heavy (non-hydrogen) atoms. The van der Waals surface area contributed by atoms with Gasteiger partial charge < -0.3 is 29.6 Å². The van der Waals surface area contributed by atoms with Crippen LogP contribution in [0, 0.1) is 0 Å². The molecule has 10 heteroatoms. The quantitative estimate of drug-likeness (QED) is 0.490. The summed E-state index contributed by atoms with van der Waals surface area (Å²) in [5, 5.41) is 4.90. The first-order chi connectivity index (χ1) is 15.9. The highest BCUT2D eigenvalue weighted by molar-refractivity contribution is 6.02. The van der Waals surface area contributed by atoms with Gasteiger partial charge in [0.1, 0.15) is 6.54 Å². The molecule has 0 atom stereocenters. The summed E-state index contributed by atoms with van der Waals surface area (Å²) < 4.78 is 20.5. The van der Waals surface area contributed by atoms with Crippen molar-refractivity contribution < 1.29 is 38.1 Å². The standard InChI is InChI=1S/C23H26N2O8/c1-4-31-18-11-10-15(12-19(18)32-5-2)22(28)24-13-21(27)33-14-20(26)25-17-9-7-6-8-16(17)23(29)30-3/h6-12H,4-5,13-14H2,1-3H3,(H,24,28)(H,25,26). The first-order valence-corrected chi connectivity index (χ1v) is 10.2. The average molecular weight is 458 g/mol. The monoisotopic (exact) mass is 458 g/mol. The van der Waals surface area contributed by atoms with Crippen molar-refractivity contribution in [1.29, 1.82) is 0 Å². The fourth-order valence-corrected chi connectivity index (χ4v) is 2.71. The number of para-hydroxylation sites is 1. The molecule has 0 aromatic heterocycles. The van der Waals surface area contributed by atoms with Gasteiger partial charge in [0.25, 0.3) is 11.8 Å². The van der Waals surface area contributed by atoms with Crippen LogP contribution < -0.4 is 20.1 Å². The molecule has 2 aromatic carbocycles. The number of anilines is 1. The van der Waals surface area contributed by atoms with Crippen LogP contribution in [0.15, 0.2) is 42.5 Å². The maximum atomic E-state index is 12.3. The Morgan fingerprint density at radius 2 is 1.61 bits per heavy atom. The normalized spacial score (nSPS) is 10.0. The minimum absolute atomic E-state index is 0.161. The van der Waals surface area contributed by atoms with Gasteiger partial charge >= 0.3 is 11.9 Å². The van der Waals surface area contributed by atoms with Gasteiger partial charge in [-0.15, -0.1) is 0 Å². The van der Waals surface area contributed by atoms with Gasteiger partial charge in [-0.05, 0) is 44.2 Å². The fraction of sp³-hybridized carbons (Fsp3) is 0.304.